The number of carboxylic acids is 1. The molecular weight excluding hydrogens is 318 g/mol. The van der Waals surface area contributed by atoms with Crippen LogP contribution in [0.1, 0.15) is 11.1 Å². The standard InChI is InChI=1S/C17H18ClNO4/c18-14-8-6-12(7-9-14)10-15(16(20)21)19-17(22)23-11-13-4-2-1-3-5-13/h1-9,15,17,19,22H,10-11H2,(H,20,21). The van der Waals surface area contributed by atoms with Crippen molar-refractivity contribution in [1.82, 2.24) is 5.32 Å². The Labute approximate surface area is 139 Å². The summed E-state index contributed by atoms with van der Waals surface area (Å²) in [4.78, 5) is 11.3. The van der Waals surface area contributed by atoms with E-state index in [2.05, 4.69) is 5.32 Å². The number of nitrogens with one attached hydrogen (secondary N) is 1. The van der Waals surface area contributed by atoms with Gasteiger partial charge in [-0.3, -0.25) is 10.1 Å². The summed E-state index contributed by atoms with van der Waals surface area (Å²) in [5, 5.41) is 22.2. The van der Waals surface area contributed by atoms with Crippen molar-refractivity contribution in [2.45, 2.75) is 25.5 Å². The highest BCUT2D eigenvalue weighted by atomic mass is 35.5. The van der Waals surface area contributed by atoms with Gasteiger partial charge in [0, 0.05) is 5.02 Å². The number of carboxylic acid groups (broad SMARTS) is 1. The van der Waals surface area contributed by atoms with Gasteiger partial charge in [0.1, 0.15) is 6.04 Å². The summed E-state index contributed by atoms with van der Waals surface area (Å²) in [6.07, 6.45) is -1.17. The summed E-state index contributed by atoms with van der Waals surface area (Å²) in [6.45, 7) is 0.183. The van der Waals surface area contributed by atoms with E-state index in [1.54, 1.807) is 24.3 Å². The molecule has 0 amide bonds. The highest BCUT2D eigenvalue weighted by Crippen LogP contribution is 2.11. The Morgan fingerprint density at radius 1 is 1.09 bits per heavy atom. The number of aliphatic hydroxyl groups excluding tert-OH is 1. The van der Waals surface area contributed by atoms with Gasteiger partial charge < -0.3 is 14.9 Å². The summed E-state index contributed by atoms with van der Waals surface area (Å²) in [5.41, 5.74) is 1.68. The molecule has 0 saturated carbocycles. The molecule has 23 heavy (non-hydrogen) atoms. The van der Waals surface area contributed by atoms with Gasteiger partial charge in [-0.25, -0.2) is 0 Å². The average molecular weight is 336 g/mol. The summed E-state index contributed by atoms with van der Waals surface area (Å²) < 4.78 is 5.23. The third-order valence-corrected chi connectivity index (χ3v) is 3.50. The van der Waals surface area contributed by atoms with Crippen LogP contribution < -0.4 is 5.32 Å². The second-order valence-corrected chi connectivity index (χ2v) is 5.47. The van der Waals surface area contributed by atoms with Crippen molar-refractivity contribution in [3.63, 3.8) is 0 Å². The molecule has 2 rings (SSSR count). The Hall–Kier alpha value is -1.92. The minimum absolute atomic E-state index is 0.183. The fourth-order valence-electron chi connectivity index (χ4n) is 2.04. The van der Waals surface area contributed by atoms with Crippen molar-refractivity contribution in [3.05, 3.63) is 70.7 Å². The van der Waals surface area contributed by atoms with Gasteiger partial charge in [-0.15, -0.1) is 0 Å². The van der Waals surface area contributed by atoms with Crippen molar-refractivity contribution in [2.24, 2.45) is 0 Å². The molecule has 2 atom stereocenters. The minimum Gasteiger partial charge on any atom is -0.480 e. The number of carbonyl (C=O) groups is 1. The summed E-state index contributed by atoms with van der Waals surface area (Å²) >= 11 is 5.80. The molecule has 0 bridgehead atoms. The van der Waals surface area contributed by atoms with Crippen LogP contribution in [0.25, 0.3) is 0 Å². The first-order valence-electron chi connectivity index (χ1n) is 7.11. The van der Waals surface area contributed by atoms with Crippen LogP contribution in [0, 0.1) is 0 Å². The van der Waals surface area contributed by atoms with Gasteiger partial charge in [0.25, 0.3) is 0 Å². The molecule has 2 aromatic rings. The average Bonchev–Trinajstić information content (AvgIpc) is 2.55. The molecule has 6 heteroatoms. The molecule has 0 aliphatic carbocycles. The first-order chi connectivity index (χ1) is 11.0. The van der Waals surface area contributed by atoms with Crippen molar-refractivity contribution in [3.8, 4) is 0 Å². The number of benzene rings is 2. The van der Waals surface area contributed by atoms with Crippen LogP contribution in [0.4, 0.5) is 0 Å². The first-order valence-corrected chi connectivity index (χ1v) is 7.49. The maximum absolute atomic E-state index is 11.3. The minimum atomic E-state index is -1.37. The van der Waals surface area contributed by atoms with E-state index in [0.29, 0.717) is 5.02 Å². The lowest BCUT2D eigenvalue weighted by atomic mass is 10.1. The second kappa shape index (κ2) is 8.64. The van der Waals surface area contributed by atoms with E-state index in [9.17, 15) is 15.0 Å². The fourth-order valence-corrected chi connectivity index (χ4v) is 2.17. The van der Waals surface area contributed by atoms with Crippen molar-refractivity contribution < 1.29 is 19.7 Å². The molecule has 0 heterocycles. The van der Waals surface area contributed by atoms with E-state index in [1.165, 1.54) is 0 Å². The molecule has 122 valence electrons. The quantitative estimate of drug-likeness (QED) is 0.646. The van der Waals surface area contributed by atoms with Crippen LogP contribution in [0.15, 0.2) is 54.6 Å². The van der Waals surface area contributed by atoms with Crippen LogP contribution in [0.5, 0.6) is 0 Å². The van der Waals surface area contributed by atoms with Gasteiger partial charge in [0.2, 0.25) is 6.41 Å². The van der Waals surface area contributed by atoms with Crippen molar-refractivity contribution >= 4 is 17.6 Å². The zero-order valence-electron chi connectivity index (χ0n) is 12.4. The molecule has 0 radical (unpaired) electrons. The number of ether oxygens (including phenoxy) is 1. The predicted molar refractivity (Wildman–Crippen MR) is 87.0 cm³/mol. The molecule has 0 spiro atoms. The van der Waals surface area contributed by atoms with E-state index in [-0.39, 0.29) is 13.0 Å². The number of aliphatic carboxylic acids is 1. The van der Waals surface area contributed by atoms with Crippen LogP contribution in [-0.4, -0.2) is 28.6 Å². The molecule has 2 aromatic carbocycles. The van der Waals surface area contributed by atoms with E-state index in [1.807, 2.05) is 30.3 Å². The highest BCUT2D eigenvalue weighted by Gasteiger charge is 2.21. The Morgan fingerprint density at radius 2 is 1.74 bits per heavy atom. The lowest BCUT2D eigenvalue weighted by Crippen LogP contribution is -2.45. The van der Waals surface area contributed by atoms with Gasteiger partial charge in [-0.1, -0.05) is 54.1 Å². The number of halogens is 1. The van der Waals surface area contributed by atoms with Gasteiger partial charge in [-0.2, -0.15) is 0 Å². The van der Waals surface area contributed by atoms with E-state index in [0.717, 1.165) is 11.1 Å². The predicted octanol–water partition coefficient (Wildman–Crippen LogP) is 2.42. The SMILES string of the molecule is O=C(O)C(Cc1ccc(Cl)cc1)NC(O)OCc1ccccc1. The third-order valence-electron chi connectivity index (χ3n) is 3.25. The Morgan fingerprint density at radius 3 is 2.35 bits per heavy atom. The van der Waals surface area contributed by atoms with E-state index >= 15 is 0 Å². The fraction of sp³-hybridized carbons (Fsp3) is 0.235. The van der Waals surface area contributed by atoms with Crippen LogP contribution in [-0.2, 0) is 22.6 Å². The number of aliphatic hydroxyl groups is 1. The first kappa shape index (κ1) is 17.4. The third kappa shape index (κ3) is 6.00. The molecule has 0 aromatic heterocycles. The van der Waals surface area contributed by atoms with E-state index < -0.39 is 18.4 Å². The lowest BCUT2D eigenvalue weighted by Gasteiger charge is -2.19. The highest BCUT2D eigenvalue weighted by molar-refractivity contribution is 6.30. The van der Waals surface area contributed by atoms with Gasteiger partial charge in [-0.05, 0) is 29.7 Å². The topological polar surface area (TPSA) is 78.8 Å². The molecule has 0 aliphatic rings. The van der Waals surface area contributed by atoms with Crippen LogP contribution in [0.2, 0.25) is 5.02 Å². The Bertz CT molecular complexity index is 618. The van der Waals surface area contributed by atoms with Gasteiger partial charge in [0.15, 0.2) is 0 Å². The molecule has 2 unspecified atom stereocenters. The lowest BCUT2D eigenvalue weighted by molar-refractivity contribution is -0.154. The summed E-state index contributed by atoms with van der Waals surface area (Å²) in [7, 11) is 0. The normalized spacial score (nSPS) is 13.5. The molecule has 0 saturated heterocycles. The van der Waals surface area contributed by atoms with Crippen LogP contribution >= 0.6 is 11.6 Å². The maximum atomic E-state index is 11.3. The van der Waals surface area contributed by atoms with Gasteiger partial charge in [0.05, 0.1) is 6.61 Å². The Balaban J connectivity index is 1.88. The summed E-state index contributed by atoms with van der Waals surface area (Å²) in [5.74, 6) is -1.07. The van der Waals surface area contributed by atoms with Gasteiger partial charge >= 0.3 is 5.97 Å². The number of hydrogen-bond donors (Lipinski definition) is 3. The second-order valence-electron chi connectivity index (χ2n) is 5.04. The van der Waals surface area contributed by atoms with E-state index in [4.69, 9.17) is 16.3 Å². The van der Waals surface area contributed by atoms with Crippen LogP contribution in [0.3, 0.4) is 0 Å². The smallest absolute Gasteiger partial charge is 0.321 e. The Kier molecular flexibility index (Phi) is 6.55. The number of hydrogen-bond acceptors (Lipinski definition) is 4. The maximum Gasteiger partial charge on any atom is 0.321 e. The molecule has 0 fully saturated rings. The monoisotopic (exact) mass is 335 g/mol. The number of rotatable bonds is 8. The molecule has 5 nitrogen and oxygen atoms in total. The van der Waals surface area contributed by atoms with Crippen molar-refractivity contribution in [1.29, 1.82) is 0 Å². The van der Waals surface area contributed by atoms with Crippen molar-refractivity contribution in [2.75, 3.05) is 0 Å². The largest absolute Gasteiger partial charge is 0.480 e. The molecule has 0 aliphatic heterocycles. The zero-order valence-corrected chi connectivity index (χ0v) is 13.1. The summed E-state index contributed by atoms with van der Waals surface area (Å²) in [6, 6.07) is 15.2. The zero-order chi connectivity index (χ0) is 16.7. The molecular formula is C17H18ClNO4. The molecule has 3 N–H and O–H groups in total.